The van der Waals surface area contributed by atoms with Crippen LogP contribution >= 0.6 is 0 Å². The van der Waals surface area contributed by atoms with Gasteiger partial charge in [-0.3, -0.25) is 4.90 Å². The van der Waals surface area contributed by atoms with E-state index in [-0.39, 0.29) is 0 Å². The fourth-order valence-electron chi connectivity index (χ4n) is 3.14. The molecule has 0 fully saturated rings. The number of rotatable bonds is 5. The van der Waals surface area contributed by atoms with E-state index in [2.05, 4.69) is 19.9 Å². The number of nitrogens with zero attached hydrogens (tertiary/aromatic N) is 1. The Hall–Kier alpha value is -0.900. The van der Waals surface area contributed by atoms with E-state index in [0.717, 1.165) is 43.5 Å². The zero-order valence-corrected chi connectivity index (χ0v) is 12.0. The molecular formula is C16H25NO2. The van der Waals surface area contributed by atoms with E-state index in [0.29, 0.717) is 6.42 Å². The lowest BCUT2D eigenvalue weighted by Gasteiger charge is -2.46. The molecule has 0 saturated carbocycles. The van der Waals surface area contributed by atoms with Crippen molar-refractivity contribution in [3.63, 3.8) is 0 Å². The molecule has 0 heterocycles. The largest absolute Gasteiger partial charge is 0.388 e. The van der Waals surface area contributed by atoms with E-state index in [9.17, 15) is 10.2 Å². The molecule has 1 aliphatic rings. The van der Waals surface area contributed by atoms with Crippen molar-refractivity contribution >= 4 is 0 Å². The second-order valence-electron chi connectivity index (χ2n) is 5.42. The first-order valence-corrected chi connectivity index (χ1v) is 7.38. The summed E-state index contributed by atoms with van der Waals surface area (Å²) in [5, 5.41) is 21.6. The normalized spacial score (nSPS) is 26.5. The molecule has 106 valence electrons. The van der Waals surface area contributed by atoms with Crippen molar-refractivity contribution in [2.75, 3.05) is 13.1 Å². The molecule has 2 atom stereocenters. The fourth-order valence-corrected chi connectivity index (χ4v) is 3.14. The van der Waals surface area contributed by atoms with E-state index in [4.69, 9.17) is 0 Å². The van der Waals surface area contributed by atoms with Crippen LogP contribution < -0.4 is 0 Å². The van der Waals surface area contributed by atoms with Crippen LogP contribution in [0.5, 0.6) is 0 Å². The summed E-state index contributed by atoms with van der Waals surface area (Å²) in [5.74, 6) is 0. The Morgan fingerprint density at radius 3 is 2.47 bits per heavy atom. The quantitative estimate of drug-likeness (QED) is 0.801. The average Bonchev–Trinajstić information content (AvgIpc) is 2.43. The number of benzene rings is 1. The first kappa shape index (κ1) is 14.5. The van der Waals surface area contributed by atoms with E-state index in [1.165, 1.54) is 0 Å². The zero-order valence-electron chi connectivity index (χ0n) is 12.0. The Labute approximate surface area is 115 Å². The lowest BCUT2D eigenvalue weighted by molar-refractivity contribution is -0.195. The maximum absolute atomic E-state index is 11.2. The van der Waals surface area contributed by atoms with Crippen molar-refractivity contribution < 1.29 is 10.2 Å². The van der Waals surface area contributed by atoms with Crippen molar-refractivity contribution in [1.82, 2.24) is 4.90 Å². The summed E-state index contributed by atoms with van der Waals surface area (Å²) in [6.07, 6.45) is 2.69. The van der Waals surface area contributed by atoms with E-state index in [1.807, 2.05) is 23.1 Å². The first-order valence-electron chi connectivity index (χ1n) is 7.38. The lowest BCUT2D eigenvalue weighted by Crippen LogP contribution is -2.56. The smallest absolute Gasteiger partial charge is 0.171 e. The van der Waals surface area contributed by atoms with Crippen LogP contribution in [-0.2, 0) is 12.1 Å². The first-order chi connectivity index (χ1) is 9.14. The number of hydrogen-bond donors (Lipinski definition) is 2. The van der Waals surface area contributed by atoms with Crippen molar-refractivity contribution in [2.24, 2.45) is 0 Å². The van der Waals surface area contributed by atoms with Gasteiger partial charge in [0.2, 0.25) is 0 Å². The van der Waals surface area contributed by atoms with E-state index in [1.54, 1.807) is 0 Å². The lowest BCUT2D eigenvalue weighted by atomic mass is 9.81. The highest BCUT2D eigenvalue weighted by molar-refractivity contribution is 5.35. The van der Waals surface area contributed by atoms with Crippen molar-refractivity contribution in [2.45, 2.75) is 51.4 Å². The van der Waals surface area contributed by atoms with Gasteiger partial charge in [-0.05, 0) is 31.2 Å². The highest BCUT2D eigenvalue weighted by atomic mass is 16.4. The molecule has 0 aromatic heterocycles. The van der Waals surface area contributed by atoms with Gasteiger partial charge in [0.05, 0.1) is 0 Å². The van der Waals surface area contributed by atoms with Gasteiger partial charge in [0, 0.05) is 18.7 Å². The summed E-state index contributed by atoms with van der Waals surface area (Å²) in [6.45, 7) is 5.81. The molecule has 2 N–H and O–H groups in total. The van der Waals surface area contributed by atoms with E-state index >= 15 is 0 Å². The van der Waals surface area contributed by atoms with Crippen LogP contribution in [0, 0.1) is 0 Å². The predicted octanol–water partition coefficient (Wildman–Crippen LogP) is 2.26. The molecule has 0 saturated heterocycles. The summed E-state index contributed by atoms with van der Waals surface area (Å²) in [5.41, 5.74) is 0.823. The van der Waals surface area contributed by atoms with Crippen LogP contribution in [0.15, 0.2) is 24.3 Å². The Bertz CT molecular complexity index is 415. The summed E-state index contributed by atoms with van der Waals surface area (Å²) in [4.78, 5) is 2.04. The standard InChI is InChI=1S/C16H25NO2/c1-3-11-17(12-4-2)16(19)14-8-6-5-7-13(14)9-10-15(16)18/h5-8,15,18-19H,3-4,9-12H2,1-2H3. The molecule has 1 aromatic rings. The van der Waals surface area contributed by atoms with Crippen LogP contribution in [0.3, 0.4) is 0 Å². The third-order valence-electron chi connectivity index (χ3n) is 4.03. The molecule has 0 bridgehead atoms. The van der Waals surface area contributed by atoms with Gasteiger partial charge < -0.3 is 10.2 Å². The summed E-state index contributed by atoms with van der Waals surface area (Å²) >= 11 is 0. The summed E-state index contributed by atoms with van der Waals surface area (Å²) in [6, 6.07) is 7.96. The van der Waals surface area contributed by atoms with Gasteiger partial charge >= 0.3 is 0 Å². The van der Waals surface area contributed by atoms with Crippen LogP contribution in [0.2, 0.25) is 0 Å². The molecule has 1 aliphatic carbocycles. The van der Waals surface area contributed by atoms with Crippen molar-refractivity contribution in [1.29, 1.82) is 0 Å². The molecule has 2 rings (SSSR count). The molecule has 19 heavy (non-hydrogen) atoms. The van der Waals surface area contributed by atoms with Gasteiger partial charge in [0.25, 0.3) is 0 Å². The van der Waals surface area contributed by atoms with Gasteiger partial charge in [-0.25, -0.2) is 0 Å². The van der Waals surface area contributed by atoms with Gasteiger partial charge in [-0.2, -0.15) is 0 Å². The highest BCUT2D eigenvalue weighted by Crippen LogP contribution is 2.38. The molecule has 0 aliphatic heterocycles. The monoisotopic (exact) mass is 263 g/mol. The molecular weight excluding hydrogens is 238 g/mol. The highest BCUT2D eigenvalue weighted by Gasteiger charge is 2.45. The third kappa shape index (κ3) is 2.55. The number of hydrogen-bond acceptors (Lipinski definition) is 3. The second kappa shape index (κ2) is 6.04. The Balaban J connectivity index is 2.43. The van der Waals surface area contributed by atoms with Gasteiger partial charge in [0.1, 0.15) is 6.10 Å². The van der Waals surface area contributed by atoms with Crippen LogP contribution in [0.4, 0.5) is 0 Å². The number of fused-ring (bicyclic) bond motifs is 1. The molecule has 1 aromatic carbocycles. The Morgan fingerprint density at radius 2 is 1.84 bits per heavy atom. The number of aryl methyl sites for hydroxylation is 1. The second-order valence-corrected chi connectivity index (χ2v) is 5.42. The Morgan fingerprint density at radius 1 is 1.21 bits per heavy atom. The maximum atomic E-state index is 11.2. The van der Waals surface area contributed by atoms with Crippen LogP contribution in [0.25, 0.3) is 0 Å². The molecule has 0 amide bonds. The SMILES string of the molecule is CCCN(CCC)C1(O)c2ccccc2CCC1O. The van der Waals surface area contributed by atoms with Crippen LogP contribution in [-0.4, -0.2) is 34.3 Å². The van der Waals surface area contributed by atoms with Crippen molar-refractivity contribution in [3.05, 3.63) is 35.4 Å². The summed E-state index contributed by atoms with van der Waals surface area (Å²) < 4.78 is 0. The van der Waals surface area contributed by atoms with Crippen molar-refractivity contribution in [3.8, 4) is 0 Å². The molecule has 3 heteroatoms. The minimum Gasteiger partial charge on any atom is -0.388 e. The number of aliphatic hydroxyl groups is 2. The third-order valence-corrected chi connectivity index (χ3v) is 4.03. The predicted molar refractivity (Wildman–Crippen MR) is 76.8 cm³/mol. The maximum Gasteiger partial charge on any atom is 0.171 e. The number of aliphatic hydroxyl groups excluding tert-OH is 1. The minimum absolute atomic E-state index is 0.622. The van der Waals surface area contributed by atoms with Gasteiger partial charge in [-0.1, -0.05) is 38.1 Å². The summed E-state index contributed by atoms with van der Waals surface area (Å²) in [7, 11) is 0. The van der Waals surface area contributed by atoms with E-state index < -0.39 is 11.8 Å². The van der Waals surface area contributed by atoms with Gasteiger partial charge in [0.15, 0.2) is 5.72 Å². The molecule has 2 unspecified atom stereocenters. The molecule has 0 radical (unpaired) electrons. The topological polar surface area (TPSA) is 43.7 Å². The zero-order chi connectivity index (χ0) is 13.9. The van der Waals surface area contributed by atoms with Gasteiger partial charge in [-0.15, -0.1) is 0 Å². The van der Waals surface area contributed by atoms with Crippen LogP contribution in [0.1, 0.15) is 44.2 Å². The molecule has 0 spiro atoms. The minimum atomic E-state index is -1.22. The Kier molecular flexibility index (Phi) is 4.61. The fraction of sp³-hybridized carbons (Fsp3) is 0.625. The average molecular weight is 263 g/mol. The molecule has 3 nitrogen and oxygen atoms in total.